The number of aryl methyl sites for hydroxylation is 1. The van der Waals surface area contributed by atoms with Gasteiger partial charge in [0.25, 0.3) is 5.56 Å². The largest absolute Gasteiger partial charge is 0.378 e. The van der Waals surface area contributed by atoms with Crippen LogP contribution in [0.5, 0.6) is 0 Å². The van der Waals surface area contributed by atoms with Crippen LogP contribution in [0.15, 0.2) is 52.1 Å². The topological polar surface area (TPSA) is 90.6 Å². The number of ether oxygens (including phenoxy) is 1. The zero-order valence-electron chi connectivity index (χ0n) is 17.5. The lowest BCUT2D eigenvalue weighted by molar-refractivity contribution is -0.135. The molecule has 0 radical (unpaired) electrons. The minimum absolute atomic E-state index is 0.172. The van der Waals surface area contributed by atoms with E-state index in [9.17, 15) is 19.2 Å². The van der Waals surface area contributed by atoms with Crippen molar-refractivity contribution in [3.05, 3.63) is 74.4 Å². The predicted molar refractivity (Wildman–Crippen MR) is 116 cm³/mol. The van der Waals surface area contributed by atoms with Crippen LogP contribution in [0.3, 0.4) is 0 Å². The van der Waals surface area contributed by atoms with Crippen molar-refractivity contribution in [1.82, 2.24) is 14.0 Å². The van der Waals surface area contributed by atoms with E-state index in [1.807, 2.05) is 6.92 Å². The quantitative estimate of drug-likeness (QED) is 0.596. The second-order valence-corrected chi connectivity index (χ2v) is 7.63. The number of fused-ring (bicyclic) bond motifs is 1. The highest BCUT2D eigenvalue weighted by atomic mass is 16.5. The molecule has 1 aliphatic heterocycles. The van der Waals surface area contributed by atoms with Crippen LogP contribution in [0, 0.1) is 6.92 Å². The van der Waals surface area contributed by atoms with Crippen LogP contribution in [-0.2, 0) is 16.1 Å². The van der Waals surface area contributed by atoms with E-state index in [2.05, 4.69) is 0 Å². The molecule has 2 heterocycles. The maximum absolute atomic E-state index is 13.4. The van der Waals surface area contributed by atoms with E-state index in [-0.39, 0.29) is 18.2 Å². The van der Waals surface area contributed by atoms with Gasteiger partial charge in [0.1, 0.15) is 6.54 Å². The molecule has 0 N–H and O–H groups in total. The number of morpholine rings is 1. The molecule has 4 rings (SSSR count). The SMILES string of the molecule is CC(=O)c1cccc(-n2c(=O)c3cc(C)ccc3n(CC(=O)N3CCOCC3)c2=O)c1. The van der Waals surface area contributed by atoms with E-state index in [4.69, 9.17) is 4.74 Å². The molecule has 1 fully saturated rings. The minimum Gasteiger partial charge on any atom is -0.378 e. The first-order valence-electron chi connectivity index (χ1n) is 10.1. The molecule has 1 aliphatic rings. The number of carbonyl (C=O) groups excluding carboxylic acids is 2. The van der Waals surface area contributed by atoms with E-state index in [1.54, 1.807) is 41.3 Å². The van der Waals surface area contributed by atoms with Gasteiger partial charge in [-0.15, -0.1) is 0 Å². The number of hydrogen-bond donors (Lipinski definition) is 0. The maximum Gasteiger partial charge on any atom is 0.336 e. The summed E-state index contributed by atoms with van der Waals surface area (Å²) in [7, 11) is 0. The Labute approximate surface area is 178 Å². The summed E-state index contributed by atoms with van der Waals surface area (Å²) in [4.78, 5) is 53.1. The van der Waals surface area contributed by atoms with Crippen LogP contribution in [-0.4, -0.2) is 52.0 Å². The highest BCUT2D eigenvalue weighted by molar-refractivity contribution is 5.94. The summed E-state index contributed by atoms with van der Waals surface area (Å²) in [6, 6.07) is 11.6. The third-order valence-corrected chi connectivity index (χ3v) is 5.47. The summed E-state index contributed by atoms with van der Waals surface area (Å²) in [6.07, 6.45) is 0. The summed E-state index contributed by atoms with van der Waals surface area (Å²) < 4.78 is 7.65. The molecule has 8 heteroatoms. The second kappa shape index (κ2) is 8.31. The number of nitrogens with zero attached hydrogens (tertiary/aromatic N) is 3. The van der Waals surface area contributed by atoms with Crippen LogP contribution < -0.4 is 11.2 Å². The van der Waals surface area contributed by atoms with Gasteiger partial charge >= 0.3 is 5.69 Å². The molecule has 31 heavy (non-hydrogen) atoms. The van der Waals surface area contributed by atoms with Gasteiger partial charge in [-0.05, 0) is 38.1 Å². The second-order valence-electron chi connectivity index (χ2n) is 7.63. The van der Waals surface area contributed by atoms with Crippen molar-refractivity contribution in [2.45, 2.75) is 20.4 Å². The Morgan fingerprint density at radius 2 is 1.77 bits per heavy atom. The molecule has 0 atom stereocenters. The summed E-state index contributed by atoms with van der Waals surface area (Å²) in [6.45, 7) is 4.93. The van der Waals surface area contributed by atoms with Crippen LogP contribution >= 0.6 is 0 Å². The number of hydrogen-bond acceptors (Lipinski definition) is 5. The fourth-order valence-electron chi connectivity index (χ4n) is 3.78. The Morgan fingerprint density at radius 3 is 2.48 bits per heavy atom. The third-order valence-electron chi connectivity index (χ3n) is 5.47. The molecule has 1 saturated heterocycles. The molecule has 1 aromatic heterocycles. The van der Waals surface area contributed by atoms with E-state index in [0.717, 1.165) is 10.1 Å². The summed E-state index contributed by atoms with van der Waals surface area (Å²) >= 11 is 0. The Balaban J connectivity index is 1.92. The van der Waals surface area contributed by atoms with Crippen molar-refractivity contribution < 1.29 is 14.3 Å². The van der Waals surface area contributed by atoms with Gasteiger partial charge in [0.2, 0.25) is 5.91 Å². The van der Waals surface area contributed by atoms with Gasteiger partial charge in [-0.1, -0.05) is 23.8 Å². The van der Waals surface area contributed by atoms with Gasteiger partial charge in [0, 0.05) is 18.7 Å². The average Bonchev–Trinajstić information content (AvgIpc) is 2.77. The smallest absolute Gasteiger partial charge is 0.336 e. The Bertz CT molecular complexity index is 1300. The van der Waals surface area contributed by atoms with Crippen molar-refractivity contribution in [3.8, 4) is 5.69 Å². The molecule has 2 aromatic carbocycles. The standard InChI is InChI=1S/C23H23N3O5/c1-15-6-7-20-19(12-15)22(29)26(18-5-3-4-17(13-18)16(2)27)23(30)25(20)14-21(28)24-8-10-31-11-9-24/h3-7,12-13H,8-11,14H2,1-2H3. The van der Waals surface area contributed by atoms with Crippen molar-refractivity contribution in [1.29, 1.82) is 0 Å². The molecule has 8 nitrogen and oxygen atoms in total. The number of ketones is 1. The lowest BCUT2D eigenvalue weighted by atomic mass is 10.1. The van der Waals surface area contributed by atoms with Crippen molar-refractivity contribution >= 4 is 22.6 Å². The van der Waals surface area contributed by atoms with Crippen LogP contribution in [0.2, 0.25) is 0 Å². The van der Waals surface area contributed by atoms with Gasteiger partial charge in [-0.3, -0.25) is 19.0 Å². The Kier molecular flexibility index (Phi) is 5.56. The van der Waals surface area contributed by atoms with Crippen LogP contribution in [0.1, 0.15) is 22.8 Å². The van der Waals surface area contributed by atoms with E-state index in [1.165, 1.54) is 17.6 Å². The first kappa shape index (κ1) is 20.7. The Hall–Kier alpha value is -3.52. The summed E-state index contributed by atoms with van der Waals surface area (Å²) in [5.74, 6) is -0.385. The highest BCUT2D eigenvalue weighted by Crippen LogP contribution is 2.14. The number of benzene rings is 2. The van der Waals surface area contributed by atoms with Crippen molar-refractivity contribution in [2.24, 2.45) is 0 Å². The first-order valence-corrected chi connectivity index (χ1v) is 10.1. The third kappa shape index (κ3) is 3.94. The lowest BCUT2D eigenvalue weighted by Gasteiger charge is -2.27. The van der Waals surface area contributed by atoms with Gasteiger partial charge in [0.05, 0.1) is 29.8 Å². The zero-order chi connectivity index (χ0) is 22.1. The molecule has 0 unspecified atom stereocenters. The lowest BCUT2D eigenvalue weighted by Crippen LogP contribution is -2.45. The van der Waals surface area contributed by atoms with E-state index < -0.39 is 11.2 Å². The van der Waals surface area contributed by atoms with Gasteiger partial charge < -0.3 is 9.64 Å². The fraction of sp³-hybridized carbons (Fsp3) is 0.304. The van der Waals surface area contributed by atoms with Crippen molar-refractivity contribution in [3.63, 3.8) is 0 Å². The van der Waals surface area contributed by atoms with Gasteiger partial charge in [0.15, 0.2) is 5.78 Å². The molecule has 0 spiro atoms. The average molecular weight is 421 g/mol. The summed E-state index contributed by atoms with van der Waals surface area (Å²) in [5, 5.41) is 0.336. The first-order chi connectivity index (χ1) is 14.9. The van der Waals surface area contributed by atoms with E-state index in [0.29, 0.717) is 48.5 Å². The number of rotatable bonds is 4. The predicted octanol–water partition coefficient (Wildman–Crippen LogP) is 1.52. The molecule has 3 aromatic rings. The number of carbonyl (C=O) groups is 2. The van der Waals surface area contributed by atoms with E-state index >= 15 is 0 Å². The number of amides is 1. The fourth-order valence-corrected chi connectivity index (χ4v) is 3.78. The van der Waals surface area contributed by atoms with Crippen LogP contribution in [0.25, 0.3) is 16.6 Å². The molecular weight excluding hydrogens is 398 g/mol. The summed E-state index contributed by atoms with van der Waals surface area (Å²) in [5.41, 5.74) is 0.838. The highest BCUT2D eigenvalue weighted by Gasteiger charge is 2.21. The monoisotopic (exact) mass is 421 g/mol. The number of aromatic nitrogens is 2. The number of Topliss-reactive ketones (excluding diaryl/α,β-unsaturated/α-hetero) is 1. The van der Waals surface area contributed by atoms with Gasteiger partial charge in [-0.25, -0.2) is 9.36 Å². The van der Waals surface area contributed by atoms with Crippen molar-refractivity contribution in [2.75, 3.05) is 26.3 Å². The molecule has 0 saturated carbocycles. The molecule has 1 amide bonds. The molecule has 0 aliphatic carbocycles. The zero-order valence-corrected chi connectivity index (χ0v) is 17.5. The molecule has 160 valence electrons. The normalized spacial score (nSPS) is 14.1. The van der Waals surface area contributed by atoms with Gasteiger partial charge in [-0.2, -0.15) is 0 Å². The molecular formula is C23H23N3O5. The minimum atomic E-state index is -0.622. The van der Waals surface area contributed by atoms with Crippen LogP contribution in [0.4, 0.5) is 0 Å². The Morgan fingerprint density at radius 1 is 1.03 bits per heavy atom. The maximum atomic E-state index is 13.4. The molecule has 0 bridgehead atoms.